The predicted molar refractivity (Wildman–Crippen MR) is 114 cm³/mol. The molecule has 1 aliphatic rings. The highest BCUT2D eigenvalue weighted by Gasteiger charge is 2.21. The van der Waals surface area contributed by atoms with Crippen molar-refractivity contribution in [1.29, 1.82) is 0 Å². The standard InChI is InChI=1S/C23H28N2O4/c1-23(2,3)17-7-4-16(5-8-17)6-11-22(27)25-18-9-10-20-21(12-18)28-14-19(29-20)13-24-15-26/h4-12,19,24,26H,13-15H2,1-3H3,(H,25,27)/b11-6+/t19-/m1/s1. The Labute approximate surface area is 171 Å². The Balaban J connectivity index is 1.58. The molecule has 0 spiro atoms. The maximum absolute atomic E-state index is 12.2. The van der Waals surface area contributed by atoms with Gasteiger partial charge in [0.05, 0.1) is 6.73 Å². The lowest BCUT2D eigenvalue weighted by molar-refractivity contribution is -0.111. The van der Waals surface area contributed by atoms with Crippen LogP contribution in [0.4, 0.5) is 5.69 Å². The van der Waals surface area contributed by atoms with Gasteiger partial charge in [-0.25, -0.2) is 0 Å². The van der Waals surface area contributed by atoms with Gasteiger partial charge in [0.25, 0.3) is 0 Å². The number of carbonyl (C=O) groups excluding carboxylic acids is 1. The molecule has 0 aliphatic carbocycles. The van der Waals surface area contributed by atoms with Crippen LogP contribution in [0, 0.1) is 0 Å². The molecule has 0 fully saturated rings. The quantitative estimate of drug-likeness (QED) is 0.516. The number of aliphatic hydroxyl groups excluding tert-OH is 1. The first-order valence-electron chi connectivity index (χ1n) is 9.70. The molecule has 1 aliphatic heterocycles. The molecule has 29 heavy (non-hydrogen) atoms. The van der Waals surface area contributed by atoms with Gasteiger partial charge < -0.3 is 19.9 Å². The summed E-state index contributed by atoms with van der Waals surface area (Å²) in [7, 11) is 0. The molecule has 0 unspecified atom stereocenters. The highest BCUT2D eigenvalue weighted by atomic mass is 16.6. The molecule has 0 aromatic heterocycles. The molecule has 0 saturated carbocycles. The normalized spacial score (nSPS) is 16.1. The fraction of sp³-hybridized carbons (Fsp3) is 0.348. The second-order valence-electron chi connectivity index (χ2n) is 8.02. The number of ether oxygens (including phenoxy) is 2. The van der Waals surface area contributed by atoms with E-state index in [1.807, 2.05) is 12.1 Å². The van der Waals surface area contributed by atoms with Gasteiger partial charge in [0.1, 0.15) is 12.7 Å². The van der Waals surface area contributed by atoms with Gasteiger partial charge >= 0.3 is 0 Å². The third kappa shape index (κ3) is 5.82. The minimum Gasteiger partial charge on any atom is -0.486 e. The van der Waals surface area contributed by atoms with Crippen LogP contribution in [0.1, 0.15) is 31.9 Å². The zero-order valence-electron chi connectivity index (χ0n) is 17.1. The van der Waals surface area contributed by atoms with E-state index in [9.17, 15) is 4.79 Å². The van der Waals surface area contributed by atoms with E-state index >= 15 is 0 Å². The number of aliphatic hydroxyl groups is 1. The number of carbonyl (C=O) groups is 1. The summed E-state index contributed by atoms with van der Waals surface area (Å²) in [5.41, 5.74) is 2.97. The zero-order valence-corrected chi connectivity index (χ0v) is 17.1. The number of benzene rings is 2. The van der Waals surface area contributed by atoms with Crippen molar-refractivity contribution in [2.45, 2.75) is 32.3 Å². The average molecular weight is 396 g/mol. The molecule has 2 aromatic carbocycles. The maximum Gasteiger partial charge on any atom is 0.248 e. The Kier molecular flexibility index (Phi) is 6.56. The molecule has 1 amide bonds. The Morgan fingerprint density at radius 3 is 2.62 bits per heavy atom. The van der Waals surface area contributed by atoms with Crippen molar-refractivity contribution in [2.24, 2.45) is 0 Å². The van der Waals surface area contributed by atoms with Crippen molar-refractivity contribution in [3.8, 4) is 11.5 Å². The van der Waals surface area contributed by atoms with Gasteiger partial charge in [0.15, 0.2) is 11.5 Å². The highest BCUT2D eigenvalue weighted by molar-refractivity contribution is 6.02. The number of anilines is 1. The number of hydrogen-bond acceptors (Lipinski definition) is 5. The molecule has 6 nitrogen and oxygen atoms in total. The molecule has 0 radical (unpaired) electrons. The summed E-state index contributed by atoms with van der Waals surface area (Å²) in [5.74, 6) is 0.991. The van der Waals surface area contributed by atoms with Crippen molar-refractivity contribution in [2.75, 3.05) is 25.2 Å². The molecule has 2 aromatic rings. The number of nitrogens with one attached hydrogen (secondary N) is 2. The largest absolute Gasteiger partial charge is 0.486 e. The van der Waals surface area contributed by atoms with E-state index in [0.29, 0.717) is 30.3 Å². The van der Waals surface area contributed by atoms with Crippen LogP contribution in [0.15, 0.2) is 48.5 Å². The monoisotopic (exact) mass is 396 g/mol. The first-order valence-corrected chi connectivity index (χ1v) is 9.70. The summed E-state index contributed by atoms with van der Waals surface area (Å²) < 4.78 is 11.5. The molecule has 6 heteroatoms. The van der Waals surface area contributed by atoms with Crippen LogP contribution in [-0.4, -0.2) is 37.0 Å². The summed E-state index contributed by atoms with van der Waals surface area (Å²) in [4.78, 5) is 12.2. The maximum atomic E-state index is 12.2. The topological polar surface area (TPSA) is 79.8 Å². The summed E-state index contributed by atoms with van der Waals surface area (Å²) >= 11 is 0. The second-order valence-corrected chi connectivity index (χ2v) is 8.02. The second kappa shape index (κ2) is 9.11. The third-order valence-electron chi connectivity index (χ3n) is 4.62. The van der Waals surface area contributed by atoms with E-state index in [1.165, 1.54) is 11.6 Å². The molecule has 154 valence electrons. The van der Waals surface area contributed by atoms with Gasteiger partial charge in [-0.15, -0.1) is 0 Å². The van der Waals surface area contributed by atoms with Gasteiger partial charge in [-0.2, -0.15) is 0 Å². The van der Waals surface area contributed by atoms with E-state index in [2.05, 4.69) is 43.5 Å². The molecular formula is C23H28N2O4. The van der Waals surface area contributed by atoms with E-state index in [-0.39, 0.29) is 24.2 Å². The van der Waals surface area contributed by atoms with Gasteiger partial charge in [-0.1, -0.05) is 45.0 Å². The minimum atomic E-state index is -0.216. The van der Waals surface area contributed by atoms with Crippen LogP contribution in [0.5, 0.6) is 11.5 Å². The zero-order chi connectivity index (χ0) is 20.9. The van der Waals surface area contributed by atoms with Crippen LogP contribution >= 0.6 is 0 Å². The predicted octanol–water partition coefficient (Wildman–Crippen LogP) is 3.32. The fourth-order valence-corrected chi connectivity index (χ4v) is 2.97. The van der Waals surface area contributed by atoms with Crippen molar-refractivity contribution >= 4 is 17.7 Å². The highest BCUT2D eigenvalue weighted by Crippen LogP contribution is 2.34. The van der Waals surface area contributed by atoms with Crippen LogP contribution in [0.25, 0.3) is 6.08 Å². The SMILES string of the molecule is CC(C)(C)c1ccc(/C=C/C(=O)Nc2ccc3c(c2)OC[C@@H](CNCO)O3)cc1. The molecule has 1 atom stereocenters. The van der Waals surface area contributed by atoms with Crippen LogP contribution < -0.4 is 20.1 Å². The number of hydrogen-bond donors (Lipinski definition) is 3. The van der Waals surface area contributed by atoms with E-state index < -0.39 is 0 Å². The summed E-state index contributed by atoms with van der Waals surface area (Å²) in [6.45, 7) is 7.28. The van der Waals surface area contributed by atoms with Crippen molar-refractivity contribution < 1.29 is 19.4 Å². The molecule has 3 rings (SSSR count). The van der Waals surface area contributed by atoms with Gasteiger partial charge in [0.2, 0.25) is 5.91 Å². The summed E-state index contributed by atoms with van der Waals surface area (Å²) in [6.07, 6.45) is 3.14. The van der Waals surface area contributed by atoms with Gasteiger partial charge in [0, 0.05) is 24.4 Å². The first kappa shape index (κ1) is 20.9. The van der Waals surface area contributed by atoms with Crippen LogP contribution in [-0.2, 0) is 10.2 Å². The Hall–Kier alpha value is -2.83. The Morgan fingerprint density at radius 2 is 1.93 bits per heavy atom. The van der Waals surface area contributed by atoms with E-state index in [1.54, 1.807) is 24.3 Å². The molecule has 1 heterocycles. The Bertz CT molecular complexity index is 869. The minimum absolute atomic E-state index is 0.104. The fourth-order valence-electron chi connectivity index (χ4n) is 2.97. The first-order chi connectivity index (χ1) is 13.8. The van der Waals surface area contributed by atoms with Crippen molar-refractivity contribution in [1.82, 2.24) is 5.32 Å². The third-order valence-corrected chi connectivity index (χ3v) is 4.62. The molecule has 0 saturated heterocycles. The van der Waals surface area contributed by atoms with Crippen LogP contribution in [0.2, 0.25) is 0 Å². The molecule has 0 bridgehead atoms. The van der Waals surface area contributed by atoms with Crippen molar-refractivity contribution in [3.05, 3.63) is 59.7 Å². The van der Waals surface area contributed by atoms with Crippen LogP contribution in [0.3, 0.4) is 0 Å². The van der Waals surface area contributed by atoms with Gasteiger partial charge in [-0.05, 0) is 34.8 Å². The lowest BCUT2D eigenvalue weighted by Crippen LogP contribution is -2.38. The smallest absolute Gasteiger partial charge is 0.248 e. The van der Waals surface area contributed by atoms with E-state index in [4.69, 9.17) is 14.6 Å². The lowest BCUT2D eigenvalue weighted by atomic mass is 9.87. The lowest BCUT2D eigenvalue weighted by Gasteiger charge is -2.26. The number of fused-ring (bicyclic) bond motifs is 1. The molecular weight excluding hydrogens is 368 g/mol. The van der Waals surface area contributed by atoms with Crippen molar-refractivity contribution in [3.63, 3.8) is 0 Å². The Morgan fingerprint density at radius 1 is 1.17 bits per heavy atom. The summed E-state index contributed by atoms with van der Waals surface area (Å²) in [6, 6.07) is 13.5. The average Bonchev–Trinajstić information content (AvgIpc) is 2.70. The van der Waals surface area contributed by atoms with E-state index in [0.717, 1.165) is 5.56 Å². The van der Waals surface area contributed by atoms with Gasteiger partial charge in [-0.3, -0.25) is 10.1 Å². The molecule has 3 N–H and O–H groups in total. The summed E-state index contributed by atoms with van der Waals surface area (Å²) in [5, 5.41) is 14.5. The number of rotatable bonds is 6. The number of amides is 1.